The summed E-state index contributed by atoms with van der Waals surface area (Å²) >= 11 is 0. The van der Waals surface area contributed by atoms with Crippen LogP contribution in [0.2, 0.25) is 0 Å². The van der Waals surface area contributed by atoms with Crippen LogP contribution < -0.4 is 5.32 Å². The van der Waals surface area contributed by atoms with Crippen molar-refractivity contribution in [3.05, 3.63) is 29.3 Å². The smallest absolute Gasteiger partial charge is 0.381 e. The number of nitriles is 1. The van der Waals surface area contributed by atoms with E-state index in [0.717, 1.165) is 51.2 Å². The van der Waals surface area contributed by atoms with Crippen molar-refractivity contribution in [3.63, 3.8) is 0 Å². The number of nitrogens with one attached hydrogen (secondary N) is 1. The number of hydrogen-bond donors (Lipinski definition) is 1. The zero-order valence-electron chi connectivity index (χ0n) is 14.0. The Morgan fingerprint density at radius 1 is 1.29 bits per heavy atom. The van der Waals surface area contributed by atoms with Crippen molar-refractivity contribution >= 4 is 5.69 Å². The second kappa shape index (κ2) is 7.86. The highest BCUT2D eigenvalue weighted by atomic mass is 19.4. The molecule has 4 nitrogen and oxygen atoms in total. The van der Waals surface area contributed by atoms with Crippen molar-refractivity contribution in [2.75, 3.05) is 45.6 Å². The average Bonchev–Trinajstić information content (AvgIpc) is 2.53. The minimum atomic E-state index is -4.43. The van der Waals surface area contributed by atoms with Crippen molar-refractivity contribution in [3.8, 4) is 6.07 Å². The van der Waals surface area contributed by atoms with E-state index in [1.807, 2.05) is 20.2 Å². The molecule has 132 valence electrons. The summed E-state index contributed by atoms with van der Waals surface area (Å²) in [6.45, 7) is 3.93. The van der Waals surface area contributed by atoms with E-state index in [1.165, 1.54) is 6.07 Å². The lowest BCUT2D eigenvalue weighted by molar-refractivity contribution is -0.137. The molecule has 0 radical (unpaired) electrons. The largest absolute Gasteiger partial charge is 0.416 e. The van der Waals surface area contributed by atoms with Crippen molar-refractivity contribution in [1.82, 2.24) is 9.80 Å². The molecule has 24 heavy (non-hydrogen) atoms. The molecule has 0 spiro atoms. The predicted molar refractivity (Wildman–Crippen MR) is 87.8 cm³/mol. The van der Waals surface area contributed by atoms with Crippen LogP contribution in [0.15, 0.2) is 18.2 Å². The molecule has 1 heterocycles. The van der Waals surface area contributed by atoms with Gasteiger partial charge in [-0.05, 0) is 45.1 Å². The van der Waals surface area contributed by atoms with Gasteiger partial charge in [-0.1, -0.05) is 0 Å². The number of likely N-dealkylation sites (tertiary alicyclic amines) is 1. The minimum Gasteiger partial charge on any atom is -0.381 e. The highest BCUT2D eigenvalue weighted by molar-refractivity contribution is 5.59. The molecule has 0 saturated carbocycles. The van der Waals surface area contributed by atoms with E-state index in [2.05, 4.69) is 15.1 Å². The van der Waals surface area contributed by atoms with Gasteiger partial charge in [0.2, 0.25) is 0 Å². The molecule has 1 N–H and O–H groups in total. The van der Waals surface area contributed by atoms with Crippen LogP contribution in [-0.2, 0) is 6.18 Å². The number of rotatable bonds is 5. The number of anilines is 1. The Morgan fingerprint density at radius 2 is 1.96 bits per heavy atom. The zero-order valence-corrected chi connectivity index (χ0v) is 14.0. The number of halogens is 3. The van der Waals surface area contributed by atoms with Crippen molar-refractivity contribution < 1.29 is 13.2 Å². The summed E-state index contributed by atoms with van der Waals surface area (Å²) < 4.78 is 38.2. The first kappa shape index (κ1) is 18.6. The molecule has 0 unspecified atom stereocenters. The molecular weight excluding hydrogens is 317 g/mol. The Hall–Kier alpha value is -1.78. The van der Waals surface area contributed by atoms with Crippen LogP contribution in [0.5, 0.6) is 0 Å². The lowest BCUT2D eigenvalue weighted by Crippen LogP contribution is -2.41. The first-order chi connectivity index (χ1) is 11.3. The molecule has 1 aromatic carbocycles. The Morgan fingerprint density at radius 3 is 2.50 bits per heavy atom. The Balaban J connectivity index is 1.94. The number of hydrogen-bond acceptors (Lipinski definition) is 4. The molecule has 0 amide bonds. The molecule has 1 aliphatic heterocycles. The van der Waals surface area contributed by atoms with Gasteiger partial charge in [0.25, 0.3) is 0 Å². The van der Waals surface area contributed by atoms with E-state index >= 15 is 0 Å². The van der Waals surface area contributed by atoms with E-state index in [1.54, 1.807) is 0 Å². The number of alkyl halides is 3. The molecular formula is C17H23F3N4. The fourth-order valence-electron chi connectivity index (χ4n) is 2.80. The lowest BCUT2D eigenvalue weighted by atomic mass is 10.0. The average molecular weight is 340 g/mol. The maximum Gasteiger partial charge on any atom is 0.416 e. The molecule has 2 rings (SSSR count). The first-order valence-corrected chi connectivity index (χ1v) is 8.04. The van der Waals surface area contributed by atoms with Crippen molar-refractivity contribution in [2.45, 2.75) is 25.1 Å². The molecule has 7 heteroatoms. The third-order valence-corrected chi connectivity index (χ3v) is 4.28. The molecule has 1 saturated heterocycles. The van der Waals surface area contributed by atoms with Crippen molar-refractivity contribution in [2.24, 2.45) is 0 Å². The SMILES string of the molecule is CN(C)CCN1CCC(Nc2ccc(C(F)(F)F)cc2C#N)CC1. The van der Waals surface area contributed by atoms with Gasteiger partial charge in [-0.2, -0.15) is 18.4 Å². The maximum atomic E-state index is 12.7. The fraction of sp³-hybridized carbons (Fsp3) is 0.588. The predicted octanol–water partition coefficient (Wildman–Crippen LogP) is 3.01. The monoisotopic (exact) mass is 340 g/mol. The van der Waals surface area contributed by atoms with E-state index in [0.29, 0.717) is 5.69 Å². The summed E-state index contributed by atoms with van der Waals surface area (Å²) in [4.78, 5) is 4.53. The molecule has 0 aliphatic carbocycles. The minimum absolute atomic E-state index is 0.0415. The first-order valence-electron chi connectivity index (χ1n) is 8.04. The number of likely N-dealkylation sites (N-methyl/N-ethyl adjacent to an activating group) is 1. The Labute approximate surface area is 140 Å². The standard InChI is InChI=1S/C17H23F3N4/c1-23(2)9-10-24-7-5-15(6-8-24)22-16-4-3-14(17(18,19)20)11-13(16)12-21/h3-4,11,15,22H,5-10H2,1-2H3. The van der Waals surface area contributed by atoms with E-state index in [9.17, 15) is 13.2 Å². The third kappa shape index (κ3) is 5.11. The second-order valence-electron chi connectivity index (χ2n) is 6.43. The van der Waals surface area contributed by atoms with Gasteiger partial charge in [0.05, 0.1) is 16.8 Å². The summed E-state index contributed by atoms with van der Waals surface area (Å²) in [5.74, 6) is 0. The second-order valence-corrected chi connectivity index (χ2v) is 6.43. The summed E-state index contributed by atoms with van der Waals surface area (Å²) in [5, 5.41) is 12.4. The van der Waals surface area contributed by atoms with Gasteiger partial charge < -0.3 is 15.1 Å². The molecule has 1 aliphatic rings. The topological polar surface area (TPSA) is 42.3 Å². The van der Waals surface area contributed by atoms with Crippen LogP contribution in [0, 0.1) is 11.3 Å². The number of benzene rings is 1. The Kier molecular flexibility index (Phi) is 6.08. The fourth-order valence-corrected chi connectivity index (χ4v) is 2.80. The maximum absolute atomic E-state index is 12.7. The van der Waals surface area contributed by atoms with Crippen LogP contribution in [0.3, 0.4) is 0 Å². The quantitative estimate of drug-likeness (QED) is 0.895. The van der Waals surface area contributed by atoms with Gasteiger partial charge in [-0.25, -0.2) is 0 Å². The van der Waals surface area contributed by atoms with Crippen LogP contribution in [0.1, 0.15) is 24.0 Å². The normalized spacial score (nSPS) is 17.0. The van der Waals surface area contributed by atoms with Crippen LogP contribution in [0.25, 0.3) is 0 Å². The number of piperidine rings is 1. The van der Waals surface area contributed by atoms with Gasteiger partial charge >= 0.3 is 6.18 Å². The van der Waals surface area contributed by atoms with Gasteiger partial charge in [0.1, 0.15) is 6.07 Å². The van der Waals surface area contributed by atoms with Gasteiger partial charge in [0.15, 0.2) is 0 Å². The lowest BCUT2D eigenvalue weighted by Gasteiger charge is -2.33. The van der Waals surface area contributed by atoms with Crippen LogP contribution >= 0.6 is 0 Å². The number of nitrogens with zero attached hydrogens (tertiary/aromatic N) is 3. The molecule has 0 aromatic heterocycles. The van der Waals surface area contributed by atoms with Gasteiger partial charge in [-0.3, -0.25) is 0 Å². The highest BCUT2D eigenvalue weighted by Gasteiger charge is 2.31. The van der Waals surface area contributed by atoms with Gasteiger partial charge in [-0.15, -0.1) is 0 Å². The summed E-state index contributed by atoms with van der Waals surface area (Å²) in [6, 6.07) is 5.34. The highest BCUT2D eigenvalue weighted by Crippen LogP contribution is 2.32. The Bertz CT molecular complexity index is 584. The molecule has 0 bridgehead atoms. The molecule has 1 aromatic rings. The van der Waals surface area contributed by atoms with E-state index in [-0.39, 0.29) is 11.6 Å². The van der Waals surface area contributed by atoms with Crippen molar-refractivity contribution in [1.29, 1.82) is 5.26 Å². The third-order valence-electron chi connectivity index (χ3n) is 4.28. The zero-order chi connectivity index (χ0) is 17.7. The van der Waals surface area contributed by atoms with E-state index < -0.39 is 11.7 Å². The van der Waals surface area contributed by atoms with Gasteiger partial charge in [0, 0.05) is 32.2 Å². The summed E-state index contributed by atoms with van der Waals surface area (Å²) in [6.07, 6.45) is -2.60. The summed E-state index contributed by atoms with van der Waals surface area (Å²) in [7, 11) is 4.09. The molecule has 1 fully saturated rings. The van der Waals surface area contributed by atoms with E-state index in [4.69, 9.17) is 5.26 Å². The van der Waals surface area contributed by atoms with Crippen LogP contribution in [-0.4, -0.2) is 56.1 Å². The summed E-state index contributed by atoms with van der Waals surface area (Å²) in [5.41, 5.74) is -0.264. The van der Waals surface area contributed by atoms with Crippen LogP contribution in [0.4, 0.5) is 18.9 Å². The molecule has 0 atom stereocenters.